The van der Waals surface area contributed by atoms with Gasteiger partial charge in [-0.15, -0.1) is 0 Å². The molecule has 2 aromatic carbocycles. The van der Waals surface area contributed by atoms with E-state index in [1.165, 1.54) is 11.8 Å². The number of benzene rings is 2. The van der Waals surface area contributed by atoms with E-state index in [0.29, 0.717) is 17.9 Å². The molecule has 0 saturated carbocycles. The van der Waals surface area contributed by atoms with Gasteiger partial charge in [-0.25, -0.2) is 0 Å². The first-order chi connectivity index (χ1) is 12.1. The average molecular weight is 354 g/mol. The van der Waals surface area contributed by atoms with Crippen molar-refractivity contribution in [3.8, 4) is 5.75 Å². The maximum atomic E-state index is 12.2. The molecule has 4 heteroatoms. The summed E-state index contributed by atoms with van der Waals surface area (Å²) < 4.78 is 5.66. The smallest absolute Gasteiger partial charge is 0.172 e. The molecule has 1 aliphatic rings. The van der Waals surface area contributed by atoms with Gasteiger partial charge in [0.15, 0.2) is 5.78 Å². The summed E-state index contributed by atoms with van der Waals surface area (Å²) in [6.07, 6.45) is 4.17. The summed E-state index contributed by atoms with van der Waals surface area (Å²) in [6, 6.07) is 19.5. The highest BCUT2D eigenvalue weighted by molar-refractivity contribution is 8.04. The molecule has 25 heavy (non-hydrogen) atoms. The Morgan fingerprint density at radius 1 is 1.00 bits per heavy atom. The molecule has 0 heterocycles. The number of ether oxygens (including phenoxy) is 1. The zero-order valence-corrected chi connectivity index (χ0v) is 14.9. The molecule has 0 aromatic heterocycles. The van der Waals surface area contributed by atoms with E-state index < -0.39 is 5.60 Å². The predicted octanol–water partition coefficient (Wildman–Crippen LogP) is 4.62. The van der Waals surface area contributed by atoms with Crippen molar-refractivity contribution in [3.63, 3.8) is 0 Å². The summed E-state index contributed by atoms with van der Waals surface area (Å²) in [5.41, 5.74) is -1.01. The van der Waals surface area contributed by atoms with E-state index in [1.54, 1.807) is 6.08 Å². The lowest BCUT2D eigenvalue weighted by Crippen LogP contribution is -2.24. The van der Waals surface area contributed by atoms with Crippen LogP contribution < -0.4 is 4.74 Å². The first-order valence-electron chi connectivity index (χ1n) is 8.54. The van der Waals surface area contributed by atoms with Gasteiger partial charge in [0.05, 0.1) is 17.1 Å². The molecule has 0 amide bonds. The highest BCUT2D eigenvalue weighted by Gasteiger charge is 2.36. The first kappa shape index (κ1) is 17.8. The Bertz CT molecular complexity index is 727. The van der Waals surface area contributed by atoms with Gasteiger partial charge in [0, 0.05) is 11.3 Å². The summed E-state index contributed by atoms with van der Waals surface area (Å²) in [5.74, 6) is 0.885. The van der Waals surface area contributed by atoms with Gasteiger partial charge >= 0.3 is 0 Å². The Kier molecular flexibility index (Phi) is 5.95. The number of aliphatic hydroxyl groups is 1. The molecule has 0 spiro atoms. The minimum absolute atomic E-state index is 0.0249. The molecule has 2 aromatic rings. The van der Waals surface area contributed by atoms with Crippen molar-refractivity contribution in [3.05, 3.63) is 71.6 Å². The van der Waals surface area contributed by atoms with Crippen LogP contribution in [0, 0.1) is 0 Å². The Labute approximate surface area is 152 Å². The van der Waals surface area contributed by atoms with Crippen LogP contribution in [-0.4, -0.2) is 23.1 Å². The molecular weight excluding hydrogens is 332 g/mol. The molecular formula is C21H22O3S. The van der Waals surface area contributed by atoms with E-state index in [2.05, 4.69) is 0 Å². The molecule has 1 unspecified atom stereocenters. The summed E-state index contributed by atoms with van der Waals surface area (Å²) in [7, 11) is 0. The number of allylic oxidation sites excluding steroid dienone is 1. The number of rotatable bonds is 8. The SMILES string of the molecule is O=C1CC(O)(CCCCOc2ccccc2)C=C1Sc1ccccc1. The number of Topliss-reactive ketones (excluding diaryl/α,β-unsaturated/α-hetero) is 1. The number of unbranched alkanes of at least 4 members (excludes halogenated alkanes) is 1. The standard InChI is InChI=1S/C21H22O3S/c22-19-15-21(23,16-20(19)25-18-11-5-2-6-12-18)13-7-8-14-24-17-9-3-1-4-10-17/h1-6,9-12,16,23H,7-8,13-15H2. The molecule has 1 N–H and O–H groups in total. The zero-order valence-electron chi connectivity index (χ0n) is 14.1. The van der Waals surface area contributed by atoms with Gasteiger partial charge in [0.25, 0.3) is 0 Å². The fraction of sp³-hybridized carbons (Fsp3) is 0.286. The number of para-hydroxylation sites is 1. The topological polar surface area (TPSA) is 46.5 Å². The summed E-state index contributed by atoms with van der Waals surface area (Å²) in [6.45, 7) is 0.614. The third kappa shape index (κ3) is 5.21. The highest BCUT2D eigenvalue weighted by Crippen LogP contribution is 2.38. The minimum Gasteiger partial charge on any atom is -0.494 e. The van der Waals surface area contributed by atoms with Gasteiger partial charge in [-0.2, -0.15) is 0 Å². The van der Waals surface area contributed by atoms with Crippen LogP contribution in [-0.2, 0) is 4.79 Å². The Balaban J connectivity index is 1.46. The van der Waals surface area contributed by atoms with E-state index in [9.17, 15) is 9.90 Å². The number of hydrogen-bond donors (Lipinski definition) is 1. The summed E-state index contributed by atoms with van der Waals surface area (Å²) in [5, 5.41) is 10.7. The van der Waals surface area contributed by atoms with Gasteiger partial charge in [-0.1, -0.05) is 48.2 Å². The molecule has 1 atom stereocenters. The van der Waals surface area contributed by atoms with Crippen LogP contribution in [0.5, 0.6) is 5.75 Å². The molecule has 1 aliphatic carbocycles. The average Bonchev–Trinajstić information content (AvgIpc) is 2.90. The lowest BCUT2D eigenvalue weighted by Gasteiger charge is -2.18. The molecule has 0 bridgehead atoms. The van der Waals surface area contributed by atoms with Crippen molar-refractivity contribution in [2.75, 3.05) is 6.61 Å². The second-order valence-electron chi connectivity index (χ2n) is 6.25. The van der Waals surface area contributed by atoms with Gasteiger partial charge in [-0.3, -0.25) is 4.79 Å². The third-order valence-electron chi connectivity index (χ3n) is 4.13. The van der Waals surface area contributed by atoms with Crippen LogP contribution >= 0.6 is 11.8 Å². The number of hydrogen-bond acceptors (Lipinski definition) is 4. The normalized spacial score (nSPS) is 19.7. The predicted molar refractivity (Wildman–Crippen MR) is 101 cm³/mol. The van der Waals surface area contributed by atoms with Crippen LogP contribution in [0.4, 0.5) is 0 Å². The van der Waals surface area contributed by atoms with Crippen molar-refractivity contribution in [1.82, 2.24) is 0 Å². The van der Waals surface area contributed by atoms with Crippen LogP contribution in [0.1, 0.15) is 25.7 Å². The lowest BCUT2D eigenvalue weighted by molar-refractivity contribution is -0.116. The van der Waals surface area contributed by atoms with Gasteiger partial charge < -0.3 is 9.84 Å². The van der Waals surface area contributed by atoms with E-state index in [-0.39, 0.29) is 12.2 Å². The molecule has 3 nitrogen and oxygen atoms in total. The van der Waals surface area contributed by atoms with Gasteiger partial charge in [-0.05, 0) is 49.6 Å². The van der Waals surface area contributed by atoms with E-state index in [4.69, 9.17) is 4.74 Å². The Morgan fingerprint density at radius 3 is 2.40 bits per heavy atom. The molecule has 0 aliphatic heterocycles. The monoisotopic (exact) mass is 354 g/mol. The first-order valence-corrected chi connectivity index (χ1v) is 9.35. The van der Waals surface area contributed by atoms with Crippen LogP contribution in [0.3, 0.4) is 0 Å². The zero-order chi connectivity index (χ0) is 17.5. The van der Waals surface area contributed by atoms with Crippen LogP contribution in [0.2, 0.25) is 0 Å². The molecule has 0 saturated heterocycles. The second-order valence-corrected chi connectivity index (χ2v) is 7.36. The lowest BCUT2D eigenvalue weighted by atomic mass is 9.96. The minimum atomic E-state index is -1.01. The van der Waals surface area contributed by atoms with Crippen LogP contribution in [0.25, 0.3) is 0 Å². The number of carbonyl (C=O) groups excluding carboxylic acids is 1. The maximum Gasteiger partial charge on any atom is 0.172 e. The highest BCUT2D eigenvalue weighted by atomic mass is 32.2. The number of carbonyl (C=O) groups is 1. The van der Waals surface area contributed by atoms with Gasteiger partial charge in [0.2, 0.25) is 0 Å². The Hall–Kier alpha value is -2.04. The van der Waals surface area contributed by atoms with Crippen molar-refractivity contribution in [1.29, 1.82) is 0 Å². The van der Waals surface area contributed by atoms with Crippen molar-refractivity contribution in [2.45, 2.75) is 36.2 Å². The van der Waals surface area contributed by atoms with E-state index in [1.807, 2.05) is 60.7 Å². The maximum absolute atomic E-state index is 12.2. The van der Waals surface area contributed by atoms with E-state index in [0.717, 1.165) is 23.5 Å². The molecule has 0 fully saturated rings. The second kappa shape index (κ2) is 8.37. The summed E-state index contributed by atoms with van der Waals surface area (Å²) >= 11 is 1.43. The molecule has 130 valence electrons. The van der Waals surface area contributed by atoms with Gasteiger partial charge in [0.1, 0.15) is 5.75 Å². The van der Waals surface area contributed by atoms with E-state index >= 15 is 0 Å². The number of ketones is 1. The molecule has 0 radical (unpaired) electrons. The quantitative estimate of drug-likeness (QED) is 0.703. The number of thioether (sulfide) groups is 1. The van der Waals surface area contributed by atoms with Crippen molar-refractivity contribution < 1.29 is 14.6 Å². The Morgan fingerprint density at radius 2 is 1.68 bits per heavy atom. The fourth-order valence-electron chi connectivity index (χ4n) is 2.84. The largest absolute Gasteiger partial charge is 0.494 e. The molecule has 3 rings (SSSR count). The van der Waals surface area contributed by atoms with Crippen molar-refractivity contribution in [2.24, 2.45) is 0 Å². The fourth-order valence-corrected chi connectivity index (χ4v) is 3.85. The van der Waals surface area contributed by atoms with Crippen LogP contribution in [0.15, 0.2) is 76.5 Å². The third-order valence-corrected chi connectivity index (χ3v) is 5.20. The summed E-state index contributed by atoms with van der Waals surface area (Å²) in [4.78, 5) is 13.9. The van der Waals surface area contributed by atoms with Crippen molar-refractivity contribution >= 4 is 17.5 Å².